The molecular weight excluding hydrogens is 256 g/mol. The Bertz CT molecular complexity index is 570. The van der Waals surface area contributed by atoms with Gasteiger partial charge in [0, 0.05) is 23.9 Å². The quantitative estimate of drug-likeness (QED) is 0.830. The van der Waals surface area contributed by atoms with E-state index in [9.17, 15) is 9.59 Å². The Balaban J connectivity index is 2.08. The van der Waals surface area contributed by atoms with Crippen molar-refractivity contribution < 1.29 is 14.3 Å². The molecule has 1 amide bonds. The van der Waals surface area contributed by atoms with Crippen LogP contribution in [0.2, 0.25) is 0 Å². The molecule has 0 saturated carbocycles. The fraction of sp³-hybridized carbons (Fsp3) is 0.100. The van der Waals surface area contributed by atoms with Crippen LogP contribution in [0.15, 0.2) is 24.5 Å². The molecule has 0 fully saturated rings. The smallest absolute Gasteiger partial charge is 0.377 e. The van der Waals surface area contributed by atoms with Crippen molar-refractivity contribution in [2.75, 3.05) is 12.4 Å². The molecule has 0 saturated heterocycles. The molecule has 7 nitrogen and oxygen atoms in total. The van der Waals surface area contributed by atoms with E-state index in [0.29, 0.717) is 5.56 Å². The first kappa shape index (κ1) is 12.1. The third-order valence-corrected chi connectivity index (χ3v) is 2.57. The molecule has 0 radical (unpaired) electrons. The van der Waals surface area contributed by atoms with Gasteiger partial charge in [-0.3, -0.25) is 15.1 Å². The second kappa shape index (κ2) is 5.32. The van der Waals surface area contributed by atoms with E-state index in [4.69, 9.17) is 0 Å². The third-order valence-electron chi connectivity index (χ3n) is 1.94. The zero-order valence-electron chi connectivity index (χ0n) is 9.28. The van der Waals surface area contributed by atoms with Crippen molar-refractivity contribution in [1.82, 2.24) is 14.3 Å². The van der Waals surface area contributed by atoms with Gasteiger partial charge in [-0.05, 0) is 12.1 Å². The van der Waals surface area contributed by atoms with Crippen molar-refractivity contribution in [2.24, 2.45) is 0 Å². The number of pyridine rings is 1. The highest BCUT2D eigenvalue weighted by Gasteiger charge is 2.15. The van der Waals surface area contributed by atoms with Crippen LogP contribution in [-0.4, -0.2) is 33.3 Å². The van der Waals surface area contributed by atoms with Gasteiger partial charge in [0.1, 0.15) is 0 Å². The van der Waals surface area contributed by atoms with Crippen LogP contribution in [0.3, 0.4) is 0 Å². The maximum Gasteiger partial charge on any atom is 0.377 e. The number of hydrogen-bond acceptors (Lipinski definition) is 7. The normalized spacial score (nSPS) is 9.83. The average Bonchev–Trinajstić information content (AvgIpc) is 2.87. The number of rotatable bonds is 3. The highest BCUT2D eigenvalue weighted by molar-refractivity contribution is 7.10. The molecule has 2 aromatic heterocycles. The minimum Gasteiger partial charge on any atom is -0.463 e. The van der Waals surface area contributed by atoms with Crippen molar-refractivity contribution >= 4 is 28.5 Å². The Morgan fingerprint density at radius 2 is 2.28 bits per heavy atom. The number of carbonyl (C=O) groups excluding carboxylic acids is 2. The molecule has 0 spiro atoms. The summed E-state index contributed by atoms with van der Waals surface area (Å²) in [7, 11) is 1.23. The Hall–Kier alpha value is -2.35. The van der Waals surface area contributed by atoms with Crippen LogP contribution >= 0.6 is 11.5 Å². The van der Waals surface area contributed by atoms with Gasteiger partial charge in [-0.25, -0.2) is 4.79 Å². The largest absolute Gasteiger partial charge is 0.463 e. The van der Waals surface area contributed by atoms with Crippen molar-refractivity contribution in [1.29, 1.82) is 0 Å². The van der Waals surface area contributed by atoms with E-state index in [1.54, 1.807) is 18.3 Å². The molecule has 0 aliphatic heterocycles. The Kier molecular flexibility index (Phi) is 3.58. The second-order valence-electron chi connectivity index (χ2n) is 3.11. The van der Waals surface area contributed by atoms with Gasteiger partial charge >= 0.3 is 5.97 Å². The summed E-state index contributed by atoms with van der Waals surface area (Å²) in [5, 5.41) is 2.74. The number of hydrogen-bond donors (Lipinski definition) is 1. The summed E-state index contributed by atoms with van der Waals surface area (Å²) in [6.45, 7) is 0. The number of carbonyl (C=O) groups is 2. The SMILES string of the molecule is COC(=O)c1nsc(NC(=O)c2cccnc2)n1. The number of ether oxygens (including phenoxy) is 1. The summed E-state index contributed by atoms with van der Waals surface area (Å²) in [5.74, 6) is -1.09. The minimum atomic E-state index is -0.645. The summed E-state index contributed by atoms with van der Waals surface area (Å²) in [4.78, 5) is 30.5. The van der Waals surface area contributed by atoms with Gasteiger partial charge in [-0.15, -0.1) is 0 Å². The van der Waals surface area contributed by atoms with E-state index in [0.717, 1.165) is 11.5 Å². The van der Waals surface area contributed by atoms with Crippen molar-refractivity contribution in [3.63, 3.8) is 0 Å². The topological polar surface area (TPSA) is 94.1 Å². The molecule has 0 aliphatic carbocycles. The molecule has 18 heavy (non-hydrogen) atoms. The van der Waals surface area contributed by atoms with Gasteiger partial charge in [0.25, 0.3) is 11.7 Å². The van der Waals surface area contributed by atoms with Gasteiger partial charge in [0.05, 0.1) is 12.7 Å². The van der Waals surface area contributed by atoms with Gasteiger partial charge in [0.15, 0.2) is 0 Å². The fourth-order valence-corrected chi connectivity index (χ4v) is 1.67. The van der Waals surface area contributed by atoms with Crippen LogP contribution in [0.1, 0.15) is 21.0 Å². The first-order chi connectivity index (χ1) is 8.70. The first-order valence-electron chi connectivity index (χ1n) is 4.84. The molecule has 2 heterocycles. The Morgan fingerprint density at radius 3 is 2.94 bits per heavy atom. The van der Waals surface area contributed by atoms with Crippen molar-refractivity contribution in [2.45, 2.75) is 0 Å². The Morgan fingerprint density at radius 1 is 1.44 bits per heavy atom. The standard InChI is InChI=1S/C10H8N4O3S/c1-17-9(16)7-12-10(18-14-7)13-8(15)6-3-2-4-11-5-6/h2-5H,1H3,(H,12,13,14,15). The average molecular weight is 264 g/mol. The lowest BCUT2D eigenvalue weighted by atomic mass is 10.3. The van der Waals surface area contributed by atoms with Gasteiger partial charge in [-0.2, -0.15) is 9.36 Å². The summed E-state index contributed by atoms with van der Waals surface area (Å²) < 4.78 is 8.22. The van der Waals surface area contributed by atoms with E-state index in [-0.39, 0.29) is 16.9 Å². The molecule has 1 N–H and O–H groups in total. The number of nitrogens with zero attached hydrogens (tertiary/aromatic N) is 3. The molecular formula is C10H8N4O3S. The highest BCUT2D eigenvalue weighted by Crippen LogP contribution is 2.12. The second-order valence-corrected chi connectivity index (χ2v) is 3.86. The maximum absolute atomic E-state index is 11.7. The van der Waals surface area contributed by atoms with Gasteiger partial charge in [-0.1, -0.05) is 0 Å². The number of methoxy groups -OCH3 is 1. The molecule has 2 aromatic rings. The molecule has 2 rings (SSSR count). The molecule has 0 unspecified atom stereocenters. The fourth-order valence-electron chi connectivity index (χ4n) is 1.11. The van der Waals surface area contributed by atoms with Gasteiger partial charge < -0.3 is 4.74 Å². The van der Waals surface area contributed by atoms with E-state index in [1.807, 2.05) is 0 Å². The Labute approximate surface area is 106 Å². The van der Waals surface area contributed by atoms with Crippen LogP contribution in [0.5, 0.6) is 0 Å². The number of aromatic nitrogens is 3. The predicted octanol–water partition coefficient (Wildman–Crippen LogP) is 0.972. The lowest BCUT2D eigenvalue weighted by Crippen LogP contribution is -2.12. The van der Waals surface area contributed by atoms with Gasteiger partial charge in [0.2, 0.25) is 5.13 Å². The molecule has 92 valence electrons. The molecule has 0 aliphatic rings. The zero-order chi connectivity index (χ0) is 13.0. The molecule has 8 heteroatoms. The number of anilines is 1. The number of esters is 1. The predicted molar refractivity (Wildman–Crippen MR) is 63.4 cm³/mol. The lowest BCUT2D eigenvalue weighted by Gasteiger charge is -1.99. The number of nitrogens with one attached hydrogen (secondary N) is 1. The third kappa shape index (κ3) is 2.66. The lowest BCUT2D eigenvalue weighted by molar-refractivity contribution is 0.0588. The van der Waals surface area contributed by atoms with Crippen LogP contribution in [0, 0.1) is 0 Å². The molecule has 0 bridgehead atoms. The van der Waals surface area contributed by atoms with E-state index < -0.39 is 5.97 Å². The highest BCUT2D eigenvalue weighted by atomic mass is 32.1. The summed E-state index contributed by atoms with van der Waals surface area (Å²) >= 11 is 0.902. The summed E-state index contributed by atoms with van der Waals surface area (Å²) in [6.07, 6.45) is 2.99. The van der Waals surface area contributed by atoms with Crippen molar-refractivity contribution in [3.05, 3.63) is 35.9 Å². The van der Waals surface area contributed by atoms with E-state index in [1.165, 1.54) is 13.3 Å². The van der Waals surface area contributed by atoms with Crippen LogP contribution in [-0.2, 0) is 4.74 Å². The first-order valence-corrected chi connectivity index (χ1v) is 5.61. The monoisotopic (exact) mass is 264 g/mol. The minimum absolute atomic E-state index is 0.0796. The maximum atomic E-state index is 11.7. The zero-order valence-corrected chi connectivity index (χ0v) is 10.1. The van der Waals surface area contributed by atoms with Crippen LogP contribution in [0.25, 0.3) is 0 Å². The van der Waals surface area contributed by atoms with E-state index >= 15 is 0 Å². The van der Waals surface area contributed by atoms with Crippen molar-refractivity contribution in [3.8, 4) is 0 Å². The van der Waals surface area contributed by atoms with E-state index in [2.05, 4.69) is 24.4 Å². The van der Waals surface area contributed by atoms with Crippen LogP contribution < -0.4 is 5.32 Å². The number of amides is 1. The molecule has 0 aromatic carbocycles. The summed E-state index contributed by atoms with van der Waals surface area (Å²) in [6, 6.07) is 3.26. The molecule has 0 atom stereocenters. The van der Waals surface area contributed by atoms with Crippen LogP contribution in [0.4, 0.5) is 5.13 Å². The summed E-state index contributed by atoms with van der Waals surface area (Å²) in [5.41, 5.74) is 0.396.